The molecule has 0 saturated heterocycles. The van der Waals surface area contributed by atoms with Gasteiger partial charge in [0.2, 0.25) is 5.95 Å². The van der Waals surface area contributed by atoms with E-state index in [1.54, 1.807) is 6.07 Å². The van der Waals surface area contributed by atoms with Crippen LogP contribution in [0.3, 0.4) is 0 Å². The van der Waals surface area contributed by atoms with Crippen molar-refractivity contribution in [3.8, 4) is 6.07 Å². The Morgan fingerprint density at radius 2 is 2.00 bits per heavy atom. The zero-order chi connectivity index (χ0) is 17.7. The first-order valence-corrected chi connectivity index (χ1v) is 7.51. The molecule has 2 N–H and O–H groups in total. The number of aromatic nitrogens is 3. The third kappa shape index (κ3) is 2.20. The molecule has 0 bridgehead atoms. The lowest BCUT2D eigenvalue weighted by atomic mass is 9.77. The Kier molecular flexibility index (Phi) is 3.66. The van der Waals surface area contributed by atoms with Gasteiger partial charge in [0.25, 0.3) is 0 Å². The summed E-state index contributed by atoms with van der Waals surface area (Å²) < 4.78 is 56.1. The van der Waals surface area contributed by atoms with E-state index in [2.05, 4.69) is 10.1 Å². The van der Waals surface area contributed by atoms with Gasteiger partial charge in [0.1, 0.15) is 17.8 Å². The number of fused-ring (bicyclic) bond motifs is 1. The van der Waals surface area contributed by atoms with E-state index in [4.69, 9.17) is 5.73 Å². The maximum Gasteiger partial charge on any atom is 0.419 e. The Morgan fingerprint density at radius 3 is 2.50 bits per heavy atom. The van der Waals surface area contributed by atoms with Gasteiger partial charge < -0.3 is 5.73 Å². The molecular formula is C15H15F4N5. The zero-order valence-corrected chi connectivity index (χ0v) is 12.9. The van der Waals surface area contributed by atoms with E-state index in [-0.39, 0.29) is 17.2 Å². The summed E-state index contributed by atoms with van der Waals surface area (Å²) in [7, 11) is 0. The van der Waals surface area contributed by atoms with Crippen molar-refractivity contribution in [2.75, 3.05) is 5.73 Å². The van der Waals surface area contributed by atoms with Crippen molar-refractivity contribution < 1.29 is 17.6 Å². The molecule has 2 aromatic heterocycles. The molecule has 128 valence electrons. The number of anilines is 1. The first-order valence-electron chi connectivity index (χ1n) is 7.51. The summed E-state index contributed by atoms with van der Waals surface area (Å²) >= 11 is 0. The first kappa shape index (κ1) is 16.5. The van der Waals surface area contributed by atoms with Crippen LogP contribution in [0, 0.1) is 11.3 Å². The minimum atomic E-state index is -4.78. The number of nitrogens with two attached hydrogens (primary N) is 1. The van der Waals surface area contributed by atoms with Crippen molar-refractivity contribution in [3.63, 3.8) is 0 Å². The standard InChI is InChI=1S/C15H15F4N5/c1-8(16)14(4-2-3-5-14)12-9(6-20)11(15(17,18)19)10-7-22-13(21)23-24(10)12/h7-8H,2-5H2,1H3,(H2,21,23). The van der Waals surface area contributed by atoms with E-state index in [1.807, 2.05) is 0 Å². The van der Waals surface area contributed by atoms with E-state index in [1.165, 1.54) is 6.92 Å². The number of nitriles is 1. The molecule has 1 fully saturated rings. The second-order valence-corrected chi connectivity index (χ2v) is 6.10. The Labute approximate surface area is 135 Å². The van der Waals surface area contributed by atoms with Crippen LogP contribution in [0.5, 0.6) is 0 Å². The van der Waals surface area contributed by atoms with Crippen LogP contribution in [0.1, 0.15) is 49.4 Å². The number of halogens is 4. The predicted molar refractivity (Wildman–Crippen MR) is 77.8 cm³/mol. The molecule has 1 aliphatic carbocycles. The highest BCUT2D eigenvalue weighted by Gasteiger charge is 2.49. The summed E-state index contributed by atoms with van der Waals surface area (Å²) in [4.78, 5) is 3.61. The van der Waals surface area contributed by atoms with Gasteiger partial charge in [0, 0.05) is 5.41 Å². The van der Waals surface area contributed by atoms with Gasteiger partial charge in [-0.2, -0.15) is 18.4 Å². The number of alkyl halides is 4. The molecule has 0 aromatic carbocycles. The van der Waals surface area contributed by atoms with Gasteiger partial charge in [-0.05, 0) is 19.8 Å². The highest BCUT2D eigenvalue weighted by Crippen LogP contribution is 2.49. The Morgan fingerprint density at radius 1 is 1.38 bits per heavy atom. The molecule has 9 heteroatoms. The fourth-order valence-electron chi connectivity index (χ4n) is 3.74. The molecule has 2 aromatic rings. The molecule has 0 amide bonds. The summed E-state index contributed by atoms with van der Waals surface area (Å²) in [6, 6.07) is 1.62. The molecule has 0 aliphatic heterocycles. The topological polar surface area (TPSA) is 80.0 Å². The van der Waals surface area contributed by atoms with Gasteiger partial charge in [-0.15, -0.1) is 5.10 Å². The third-order valence-electron chi connectivity index (χ3n) is 4.83. The van der Waals surface area contributed by atoms with E-state index >= 15 is 0 Å². The SMILES string of the molecule is CC(F)C1(c2c(C#N)c(C(F)(F)F)c3cnc(N)nn23)CCCC1. The van der Waals surface area contributed by atoms with Gasteiger partial charge in [0.15, 0.2) is 0 Å². The Bertz CT molecular complexity index is 825. The summed E-state index contributed by atoms with van der Waals surface area (Å²) in [6.45, 7) is 1.31. The highest BCUT2D eigenvalue weighted by atomic mass is 19.4. The van der Waals surface area contributed by atoms with Crippen molar-refractivity contribution in [2.24, 2.45) is 0 Å². The van der Waals surface area contributed by atoms with Gasteiger partial charge in [-0.25, -0.2) is 13.9 Å². The average molecular weight is 341 g/mol. The fourth-order valence-corrected chi connectivity index (χ4v) is 3.74. The van der Waals surface area contributed by atoms with E-state index in [0.29, 0.717) is 25.7 Å². The van der Waals surface area contributed by atoms with Gasteiger partial charge in [-0.1, -0.05) is 12.8 Å². The second kappa shape index (κ2) is 5.33. The predicted octanol–water partition coefficient (Wildman–Crippen LogP) is 3.37. The number of nitrogens with zero attached hydrogens (tertiary/aromatic N) is 4. The largest absolute Gasteiger partial charge is 0.419 e. The summed E-state index contributed by atoms with van der Waals surface area (Å²) in [6.07, 6.45) is -3.22. The number of hydrogen-bond donors (Lipinski definition) is 1. The minimum Gasteiger partial charge on any atom is -0.367 e. The van der Waals surface area contributed by atoms with Crippen molar-refractivity contribution in [1.29, 1.82) is 5.26 Å². The lowest BCUT2D eigenvalue weighted by molar-refractivity contribution is -0.136. The van der Waals surface area contributed by atoms with Crippen LogP contribution in [0.4, 0.5) is 23.5 Å². The molecular weight excluding hydrogens is 326 g/mol. The molecule has 24 heavy (non-hydrogen) atoms. The van der Waals surface area contributed by atoms with Crippen LogP contribution in [0.2, 0.25) is 0 Å². The Balaban J connectivity index is 2.48. The van der Waals surface area contributed by atoms with Gasteiger partial charge >= 0.3 is 6.18 Å². The van der Waals surface area contributed by atoms with Gasteiger partial charge in [-0.3, -0.25) is 0 Å². The monoisotopic (exact) mass is 341 g/mol. The maximum atomic E-state index is 14.5. The van der Waals surface area contributed by atoms with Gasteiger partial charge in [0.05, 0.1) is 23.0 Å². The molecule has 1 atom stereocenters. The average Bonchev–Trinajstić information content (AvgIpc) is 3.08. The molecule has 3 rings (SSSR count). The molecule has 1 unspecified atom stereocenters. The quantitative estimate of drug-likeness (QED) is 0.849. The van der Waals surface area contributed by atoms with Crippen LogP contribution >= 0.6 is 0 Å². The minimum absolute atomic E-state index is 0.0473. The summed E-state index contributed by atoms with van der Waals surface area (Å²) in [5, 5.41) is 13.3. The lowest BCUT2D eigenvalue weighted by Gasteiger charge is -2.30. The number of hydrogen-bond acceptors (Lipinski definition) is 4. The first-order chi connectivity index (χ1) is 11.2. The number of nitrogen functional groups attached to an aromatic ring is 1. The van der Waals surface area contributed by atoms with Crippen LogP contribution in [-0.4, -0.2) is 20.8 Å². The van der Waals surface area contributed by atoms with Crippen molar-refractivity contribution >= 4 is 11.5 Å². The van der Waals surface area contributed by atoms with Crippen LogP contribution in [0.25, 0.3) is 5.52 Å². The molecule has 0 radical (unpaired) electrons. The molecule has 1 saturated carbocycles. The number of rotatable bonds is 2. The third-order valence-corrected chi connectivity index (χ3v) is 4.83. The lowest BCUT2D eigenvalue weighted by Crippen LogP contribution is -2.35. The van der Waals surface area contributed by atoms with E-state index < -0.39 is 28.9 Å². The second-order valence-electron chi connectivity index (χ2n) is 6.10. The zero-order valence-electron chi connectivity index (χ0n) is 12.9. The van der Waals surface area contributed by atoms with E-state index in [9.17, 15) is 22.8 Å². The molecule has 1 aliphatic rings. The highest BCUT2D eigenvalue weighted by molar-refractivity contribution is 5.67. The summed E-state index contributed by atoms with van der Waals surface area (Å²) in [5.41, 5.74) is 2.19. The van der Waals surface area contributed by atoms with Crippen LogP contribution < -0.4 is 5.73 Å². The molecule has 5 nitrogen and oxygen atoms in total. The van der Waals surface area contributed by atoms with Crippen molar-refractivity contribution in [1.82, 2.24) is 14.6 Å². The molecule has 0 spiro atoms. The van der Waals surface area contributed by atoms with Crippen molar-refractivity contribution in [2.45, 2.75) is 50.4 Å². The van der Waals surface area contributed by atoms with E-state index in [0.717, 1.165) is 10.7 Å². The summed E-state index contributed by atoms with van der Waals surface area (Å²) in [5.74, 6) is -0.239. The van der Waals surface area contributed by atoms with Crippen molar-refractivity contribution in [3.05, 3.63) is 23.0 Å². The fraction of sp³-hybridized carbons (Fsp3) is 0.533. The van der Waals surface area contributed by atoms with Crippen LogP contribution in [-0.2, 0) is 11.6 Å². The maximum absolute atomic E-state index is 14.5. The normalized spacial score (nSPS) is 18.7. The van der Waals surface area contributed by atoms with Crippen LogP contribution in [0.15, 0.2) is 6.20 Å². The molecule has 2 heterocycles. The Hall–Kier alpha value is -2.37. The smallest absolute Gasteiger partial charge is 0.367 e.